The van der Waals surface area contributed by atoms with E-state index in [0.29, 0.717) is 0 Å². The number of rotatable bonds is 5. The van der Waals surface area contributed by atoms with Crippen molar-refractivity contribution in [3.8, 4) is 0 Å². The zero-order chi connectivity index (χ0) is 14.1. The third kappa shape index (κ3) is 2.78. The Morgan fingerprint density at radius 3 is 1.47 bits per heavy atom. The van der Waals surface area contributed by atoms with E-state index >= 15 is 0 Å². The fourth-order valence-electron chi connectivity index (χ4n) is 0.782. The number of aliphatic hydroxyl groups is 1. The van der Waals surface area contributed by atoms with Gasteiger partial charge in [0.25, 0.3) is 0 Å². The molecular weight excluding hydrogens is 271 g/mol. The molecule has 0 amide bonds. The van der Waals surface area contributed by atoms with E-state index in [1.54, 1.807) is 0 Å². The molecule has 0 aromatic heterocycles. The van der Waals surface area contributed by atoms with Gasteiger partial charge in [-0.1, -0.05) is 0 Å². The summed E-state index contributed by atoms with van der Waals surface area (Å²) < 4.78 is 109. The molecule has 0 bridgehead atoms. The van der Waals surface area contributed by atoms with Crippen molar-refractivity contribution in [2.24, 2.45) is 0 Å². The van der Waals surface area contributed by atoms with Crippen LogP contribution in [-0.2, 0) is 0 Å². The average molecular weight is 277 g/mol. The van der Waals surface area contributed by atoms with Gasteiger partial charge < -0.3 is 5.11 Å². The fourth-order valence-corrected chi connectivity index (χ4v) is 0.782. The first-order chi connectivity index (χ1) is 7.31. The normalized spacial score (nSPS) is 15.2. The van der Waals surface area contributed by atoms with Crippen molar-refractivity contribution in [2.75, 3.05) is 6.61 Å². The lowest BCUT2D eigenvalue weighted by Gasteiger charge is -2.33. The van der Waals surface area contributed by atoms with Crippen molar-refractivity contribution in [3.63, 3.8) is 0 Å². The summed E-state index contributed by atoms with van der Waals surface area (Å²) in [5, 5.41) is 8.01. The van der Waals surface area contributed by atoms with Crippen molar-refractivity contribution in [3.05, 3.63) is 6.42 Å². The summed E-state index contributed by atoms with van der Waals surface area (Å²) in [4.78, 5) is 0. The molecule has 0 aromatic carbocycles. The predicted octanol–water partition coefficient (Wildman–Crippen LogP) is 3.04. The van der Waals surface area contributed by atoms with Crippen molar-refractivity contribution in [1.29, 1.82) is 0 Å². The second-order valence-electron chi connectivity index (χ2n) is 3.03. The van der Waals surface area contributed by atoms with Crippen LogP contribution in [0.15, 0.2) is 0 Å². The van der Waals surface area contributed by atoms with Crippen molar-refractivity contribution < 1.29 is 44.6 Å². The van der Waals surface area contributed by atoms with Crippen molar-refractivity contribution in [2.45, 2.75) is 30.4 Å². The zero-order valence-electron chi connectivity index (χ0n) is 7.84. The molecule has 1 radical (unpaired) electrons. The second kappa shape index (κ2) is 4.54. The molecule has 0 fully saturated rings. The minimum absolute atomic E-state index is 0.0559. The summed E-state index contributed by atoms with van der Waals surface area (Å²) in [5.74, 6) is -19.1. The van der Waals surface area contributed by atoms with E-state index < -0.39 is 37.0 Å². The number of hydrogen-bond acceptors (Lipinski definition) is 1. The minimum Gasteiger partial charge on any atom is -0.396 e. The highest BCUT2D eigenvalue weighted by atomic mass is 19.4. The van der Waals surface area contributed by atoms with E-state index in [-0.39, 0.29) is 6.42 Å². The van der Waals surface area contributed by atoms with Gasteiger partial charge in [-0.25, -0.2) is 0 Å². The maximum Gasteiger partial charge on any atom is 0.460 e. The van der Waals surface area contributed by atoms with E-state index in [1.807, 2.05) is 0 Å². The Bertz CT molecular complexity index is 257. The molecule has 1 N–H and O–H groups in total. The first-order valence-electron chi connectivity index (χ1n) is 3.94. The maximum atomic E-state index is 12.5. The molecule has 0 aliphatic heterocycles. The Balaban J connectivity index is 5.24. The Kier molecular flexibility index (Phi) is 4.36. The lowest BCUT2D eigenvalue weighted by atomic mass is 10.00. The smallest absolute Gasteiger partial charge is 0.396 e. The average Bonchev–Trinajstić information content (AvgIpc) is 2.12. The van der Waals surface area contributed by atoms with Crippen molar-refractivity contribution in [1.82, 2.24) is 0 Å². The van der Waals surface area contributed by atoms with Gasteiger partial charge in [0.2, 0.25) is 0 Å². The highest BCUT2D eigenvalue weighted by Gasteiger charge is 2.81. The summed E-state index contributed by atoms with van der Waals surface area (Å²) in [6.45, 7) is -1.16. The van der Waals surface area contributed by atoms with Crippen LogP contribution in [0, 0.1) is 6.42 Å². The molecule has 10 heteroatoms. The molecule has 103 valence electrons. The minimum atomic E-state index is -6.87. The molecule has 0 aromatic rings. The SMILES string of the molecule is OC[CH]CC(F)(F)C(F)(F)C(F)(F)C(F)(F)F. The molecule has 0 aliphatic rings. The summed E-state index contributed by atoms with van der Waals surface area (Å²) in [7, 11) is 0. The highest BCUT2D eigenvalue weighted by Crippen LogP contribution is 2.54. The quantitative estimate of drug-likeness (QED) is 0.766. The topological polar surface area (TPSA) is 20.2 Å². The zero-order valence-corrected chi connectivity index (χ0v) is 7.84. The Morgan fingerprint density at radius 2 is 1.18 bits per heavy atom. The van der Waals surface area contributed by atoms with E-state index in [1.165, 1.54) is 0 Å². The van der Waals surface area contributed by atoms with Crippen LogP contribution >= 0.6 is 0 Å². The standard InChI is InChI=1S/C7H6F9O/c8-4(9,2-1-3-17)5(10,11)6(12,13)7(14,15)16/h1,17H,2-3H2. The van der Waals surface area contributed by atoms with E-state index in [4.69, 9.17) is 5.11 Å². The van der Waals surface area contributed by atoms with E-state index in [0.717, 1.165) is 0 Å². The lowest BCUT2D eigenvalue weighted by molar-refractivity contribution is -0.395. The van der Waals surface area contributed by atoms with Gasteiger partial charge in [0.15, 0.2) is 0 Å². The maximum absolute atomic E-state index is 12.5. The Morgan fingerprint density at radius 1 is 0.765 bits per heavy atom. The molecule has 0 unspecified atom stereocenters. The summed E-state index contributed by atoms with van der Waals surface area (Å²) in [6, 6.07) is 0. The molecular formula is C7H6F9O. The third-order valence-electron chi connectivity index (χ3n) is 1.74. The molecule has 0 spiro atoms. The summed E-state index contributed by atoms with van der Waals surface area (Å²) in [5.41, 5.74) is 0. The first kappa shape index (κ1) is 16.3. The third-order valence-corrected chi connectivity index (χ3v) is 1.74. The van der Waals surface area contributed by atoms with Gasteiger partial charge in [0.05, 0.1) is 0 Å². The van der Waals surface area contributed by atoms with Crippen LogP contribution in [0.25, 0.3) is 0 Å². The molecule has 0 aliphatic carbocycles. The van der Waals surface area contributed by atoms with Crippen LogP contribution in [0.2, 0.25) is 0 Å². The Hall–Kier alpha value is -0.670. The fraction of sp³-hybridized carbons (Fsp3) is 0.857. The summed E-state index contributed by atoms with van der Waals surface area (Å²) in [6.07, 6.45) is -8.86. The van der Waals surface area contributed by atoms with Crippen LogP contribution in [0.5, 0.6) is 0 Å². The van der Waals surface area contributed by atoms with Crippen LogP contribution in [0.1, 0.15) is 6.42 Å². The summed E-state index contributed by atoms with van der Waals surface area (Å²) >= 11 is 0. The van der Waals surface area contributed by atoms with E-state index in [2.05, 4.69) is 0 Å². The van der Waals surface area contributed by atoms with Crippen LogP contribution in [0.4, 0.5) is 39.5 Å². The number of aliphatic hydroxyl groups excluding tert-OH is 1. The van der Waals surface area contributed by atoms with Gasteiger partial charge in [0, 0.05) is 13.0 Å². The van der Waals surface area contributed by atoms with Gasteiger partial charge in [-0.15, -0.1) is 0 Å². The number of hydrogen-bond donors (Lipinski definition) is 1. The van der Waals surface area contributed by atoms with E-state index in [9.17, 15) is 39.5 Å². The number of halogens is 9. The van der Waals surface area contributed by atoms with Crippen LogP contribution < -0.4 is 0 Å². The van der Waals surface area contributed by atoms with Crippen molar-refractivity contribution >= 4 is 0 Å². The monoisotopic (exact) mass is 277 g/mol. The molecule has 0 atom stereocenters. The van der Waals surface area contributed by atoms with Gasteiger partial charge in [-0.2, -0.15) is 39.5 Å². The largest absolute Gasteiger partial charge is 0.460 e. The lowest BCUT2D eigenvalue weighted by Crippen LogP contribution is -2.60. The highest BCUT2D eigenvalue weighted by molar-refractivity contribution is 5.01. The number of alkyl halides is 9. The molecule has 0 saturated heterocycles. The molecule has 0 saturated carbocycles. The Labute approximate surface area is 89.2 Å². The molecule has 1 nitrogen and oxygen atoms in total. The van der Waals surface area contributed by atoms with Gasteiger partial charge >= 0.3 is 23.9 Å². The molecule has 17 heavy (non-hydrogen) atoms. The second-order valence-corrected chi connectivity index (χ2v) is 3.03. The van der Waals surface area contributed by atoms with Crippen LogP contribution in [0.3, 0.4) is 0 Å². The molecule has 0 heterocycles. The van der Waals surface area contributed by atoms with Gasteiger partial charge in [0.1, 0.15) is 0 Å². The van der Waals surface area contributed by atoms with Gasteiger partial charge in [-0.05, 0) is 6.42 Å². The first-order valence-corrected chi connectivity index (χ1v) is 3.94. The predicted molar refractivity (Wildman–Crippen MR) is 36.9 cm³/mol. The molecule has 0 rings (SSSR count). The van der Waals surface area contributed by atoms with Gasteiger partial charge in [-0.3, -0.25) is 0 Å². The van der Waals surface area contributed by atoms with Crippen LogP contribution in [-0.4, -0.2) is 35.7 Å².